The Bertz CT molecular complexity index is 402. The number of benzene rings is 1. The van der Waals surface area contributed by atoms with Gasteiger partial charge in [0.15, 0.2) is 0 Å². The van der Waals surface area contributed by atoms with Crippen molar-refractivity contribution in [2.24, 2.45) is 0 Å². The molecule has 1 aromatic carbocycles. The van der Waals surface area contributed by atoms with Crippen molar-refractivity contribution in [2.45, 2.75) is 18.9 Å². The molecule has 0 spiro atoms. The second-order valence-corrected chi connectivity index (χ2v) is 4.96. The van der Waals surface area contributed by atoms with E-state index in [0.29, 0.717) is 19.6 Å². The van der Waals surface area contributed by atoms with Crippen LogP contribution in [0.3, 0.4) is 0 Å². The standard InChI is InChI=1S/C13H17ClN2O2/c14-11-5-3-10(4-6-11)2-1-7-15-13(18)16-8-12(17)9-16/h3-6,12,17H,1-2,7-9H2,(H,15,18). The van der Waals surface area contributed by atoms with Crippen LogP contribution in [0.4, 0.5) is 4.79 Å². The van der Waals surface area contributed by atoms with Gasteiger partial charge in [-0.05, 0) is 30.5 Å². The summed E-state index contributed by atoms with van der Waals surface area (Å²) >= 11 is 5.80. The van der Waals surface area contributed by atoms with Gasteiger partial charge in [-0.15, -0.1) is 0 Å². The normalized spacial score (nSPS) is 15.3. The van der Waals surface area contributed by atoms with Crippen molar-refractivity contribution in [1.82, 2.24) is 10.2 Å². The highest BCUT2D eigenvalue weighted by Gasteiger charge is 2.28. The molecule has 98 valence electrons. The van der Waals surface area contributed by atoms with Gasteiger partial charge in [-0.25, -0.2) is 4.79 Å². The fourth-order valence-electron chi connectivity index (χ4n) is 1.87. The number of aliphatic hydroxyl groups excluding tert-OH is 1. The van der Waals surface area contributed by atoms with Gasteiger partial charge >= 0.3 is 6.03 Å². The predicted molar refractivity (Wildman–Crippen MR) is 70.8 cm³/mol. The zero-order valence-corrected chi connectivity index (χ0v) is 10.9. The molecule has 0 aliphatic carbocycles. The Kier molecular flexibility index (Phi) is 4.44. The Morgan fingerprint density at radius 3 is 2.67 bits per heavy atom. The molecule has 0 aromatic heterocycles. The number of urea groups is 1. The molecule has 4 nitrogen and oxygen atoms in total. The number of carbonyl (C=O) groups excluding carboxylic acids is 1. The van der Waals surface area contributed by atoms with Gasteiger partial charge in [-0.2, -0.15) is 0 Å². The summed E-state index contributed by atoms with van der Waals surface area (Å²) in [7, 11) is 0. The number of halogens is 1. The predicted octanol–water partition coefficient (Wildman–Crippen LogP) is 1.66. The van der Waals surface area contributed by atoms with Crippen molar-refractivity contribution in [3.8, 4) is 0 Å². The van der Waals surface area contributed by atoms with E-state index < -0.39 is 0 Å². The van der Waals surface area contributed by atoms with Crippen molar-refractivity contribution in [3.63, 3.8) is 0 Å². The van der Waals surface area contributed by atoms with E-state index in [-0.39, 0.29) is 12.1 Å². The zero-order valence-electron chi connectivity index (χ0n) is 10.1. The van der Waals surface area contributed by atoms with E-state index in [1.165, 1.54) is 5.56 Å². The van der Waals surface area contributed by atoms with Crippen LogP contribution in [0.1, 0.15) is 12.0 Å². The quantitative estimate of drug-likeness (QED) is 0.816. The minimum Gasteiger partial charge on any atom is -0.389 e. The molecule has 0 unspecified atom stereocenters. The van der Waals surface area contributed by atoms with Crippen molar-refractivity contribution in [3.05, 3.63) is 34.9 Å². The highest BCUT2D eigenvalue weighted by molar-refractivity contribution is 6.30. The first-order valence-electron chi connectivity index (χ1n) is 6.10. The second kappa shape index (κ2) is 6.07. The number of nitrogens with zero attached hydrogens (tertiary/aromatic N) is 1. The molecule has 0 saturated carbocycles. The number of hydrogen-bond acceptors (Lipinski definition) is 2. The van der Waals surface area contributed by atoms with Gasteiger partial charge in [0.05, 0.1) is 19.2 Å². The summed E-state index contributed by atoms with van der Waals surface area (Å²) in [5.41, 5.74) is 1.22. The van der Waals surface area contributed by atoms with Crippen molar-refractivity contribution < 1.29 is 9.90 Å². The fourth-order valence-corrected chi connectivity index (χ4v) is 2.00. The first kappa shape index (κ1) is 13.2. The first-order valence-corrected chi connectivity index (χ1v) is 6.48. The van der Waals surface area contributed by atoms with Crippen LogP contribution in [0, 0.1) is 0 Å². The van der Waals surface area contributed by atoms with Crippen LogP contribution < -0.4 is 5.32 Å². The molecule has 2 amide bonds. The van der Waals surface area contributed by atoms with Crippen LogP contribution in [-0.2, 0) is 6.42 Å². The van der Waals surface area contributed by atoms with Crippen LogP contribution >= 0.6 is 11.6 Å². The highest BCUT2D eigenvalue weighted by atomic mass is 35.5. The number of nitrogens with one attached hydrogen (secondary N) is 1. The van der Waals surface area contributed by atoms with Gasteiger partial charge in [-0.1, -0.05) is 23.7 Å². The largest absolute Gasteiger partial charge is 0.389 e. The van der Waals surface area contributed by atoms with Gasteiger partial charge in [0.1, 0.15) is 0 Å². The second-order valence-electron chi connectivity index (χ2n) is 4.52. The Labute approximate surface area is 112 Å². The van der Waals surface area contributed by atoms with E-state index in [9.17, 15) is 4.79 Å². The molecule has 0 radical (unpaired) electrons. The highest BCUT2D eigenvalue weighted by Crippen LogP contribution is 2.11. The summed E-state index contributed by atoms with van der Waals surface area (Å²) in [6.45, 7) is 1.54. The molecule has 0 atom stereocenters. The van der Waals surface area contributed by atoms with Crippen molar-refractivity contribution in [1.29, 1.82) is 0 Å². The van der Waals surface area contributed by atoms with Crippen LogP contribution in [-0.4, -0.2) is 41.8 Å². The molecule has 18 heavy (non-hydrogen) atoms. The Morgan fingerprint density at radius 1 is 1.39 bits per heavy atom. The lowest BCUT2D eigenvalue weighted by Gasteiger charge is -2.35. The number of amides is 2. The Morgan fingerprint density at radius 2 is 2.06 bits per heavy atom. The maximum atomic E-state index is 11.5. The van der Waals surface area contributed by atoms with Gasteiger partial charge < -0.3 is 15.3 Å². The Hall–Kier alpha value is -1.26. The van der Waals surface area contributed by atoms with Gasteiger partial charge in [-0.3, -0.25) is 0 Å². The van der Waals surface area contributed by atoms with E-state index >= 15 is 0 Å². The third-order valence-electron chi connectivity index (χ3n) is 2.98. The molecule has 1 aliphatic rings. The molecule has 1 fully saturated rings. The molecule has 1 saturated heterocycles. The first-order chi connectivity index (χ1) is 8.65. The van der Waals surface area contributed by atoms with Crippen LogP contribution in [0.2, 0.25) is 5.02 Å². The lowest BCUT2D eigenvalue weighted by Crippen LogP contribution is -2.56. The van der Waals surface area contributed by atoms with Gasteiger partial charge in [0.25, 0.3) is 0 Å². The van der Waals surface area contributed by atoms with Gasteiger partial charge in [0.2, 0.25) is 0 Å². The van der Waals surface area contributed by atoms with Crippen LogP contribution in [0.15, 0.2) is 24.3 Å². The third kappa shape index (κ3) is 3.62. The number of hydrogen-bond donors (Lipinski definition) is 2. The summed E-state index contributed by atoms with van der Waals surface area (Å²) in [6.07, 6.45) is 1.47. The van der Waals surface area contributed by atoms with E-state index in [1.807, 2.05) is 24.3 Å². The molecule has 1 aliphatic heterocycles. The molecular weight excluding hydrogens is 252 g/mol. The summed E-state index contributed by atoms with van der Waals surface area (Å²) in [5.74, 6) is 0. The monoisotopic (exact) mass is 268 g/mol. The minimum atomic E-state index is -0.343. The number of rotatable bonds is 4. The molecular formula is C13H17ClN2O2. The number of β-amino-alcohol motifs (C(OH)–C–C–N with tert-alkyl or cyclic N) is 1. The number of carbonyl (C=O) groups is 1. The lowest BCUT2D eigenvalue weighted by atomic mass is 10.1. The summed E-state index contributed by atoms with van der Waals surface area (Å²) in [5, 5.41) is 12.7. The molecule has 1 aromatic rings. The molecule has 2 N–H and O–H groups in total. The summed E-state index contributed by atoms with van der Waals surface area (Å²) < 4.78 is 0. The number of aliphatic hydroxyl groups is 1. The molecule has 2 rings (SSSR count). The van der Waals surface area contributed by atoms with Crippen LogP contribution in [0.5, 0.6) is 0 Å². The third-order valence-corrected chi connectivity index (χ3v) is 3.23. The average Bonchev–Trinajstić information content (AvgIpc) is 2.32. The summed E-state index contributed by atoms with van der Waals surface area (Å²) in [6, 6.07) is 7.65. The molecule has 0 bridgehead atoms. The average molecular weight is 269 g/mol. The lowest BCUT2D eigenvalue weighted by molar-refractivity contribution is 0.0267. The van der Waals surface area contributed by atoms with Crippen LogP contribution in [0.25, 0.3) is 0 Å². The van der Waals surface area contributed by atoms with Crippen molar-refractivity contribution in [2.75, 3.05) is 19.6 Å². The van der Waals surface area contributed by atoms with E-state index in [1.54, 1.807) is 4.90 Å². The minimum absolute atomic E-state index is 0.0867. The molecule has 5 heteroatoms. The number of aryl methyl sites for hydroxylation is 1. The van der Waals surface area contributed by atoms with E-state index in [0.717, 1.165) is 17.9 Å². The smallest absolute Gasteiger partial charge is 0.317 e. The van der Waals surface area contributed by atoms with E-state index in [4.69, 9.17) is 16.7 Å². The molecule has 1 heterocycles. The number of likely N-dealkylation sites (tertiary alicyclic amines) is 1. The maximum Gasteiger partial charge on any atom is 0.317 e. The van der Waals surface area contributed by atoms with Crippen molar-refractivity contribution >= 4 is 17.6 Å². The summed E-state index contributed by atoms with van der Waals surface area (Å²) in [4.78, 5) is 13.1. The fraction of sp³-hybridized carbons (Fsp3) is 0.462. The SMILES string of the molecule is O=C(NCCCc1ccc(Cl)cc1)N1CC(O)C1. The Balaban J connectivity index is 1.61. The van der Waals surface area contributed by atoms with Gasteiger partial charge in [0, 0.05) is 11.6 Å². The zero-order chi connectivity index (χ0) is 13.0. The topological polar surface area (TPSA) is 52.6 Å². The van der Waals surface area contributed by atoms with E-state index in [2.05, 4.69) is 5.32 Å². The maximum absolute atomic E-state index is 11.5.